The Kier molecular flexibility index (Phi) is 6.73. The van der Waals surface area contributed by atoms with Crippen LogP contribution in [-0.2, 0) is 13.1 Å². The van der Waals surface area contributed by atoms with Gasteiger partial charge < -0.3 is 14.7 Å². The van der Waals surface area contributed by atoms with Gasteiger partial charge in [-0.05, 0) is 44.5 Å². The fraction of sp³-hybridized carbons (Fsp3) is 0.214. The average molecular weight is 530 g/mol. The van der Waals surface area contributed by atoms with Crippen LogP contribution in [0.4, 0.5) is 0 Å². The van der Waals surface area contributed by atoms with Gasteiger partial charge in [0.1, 0.15) is 10.8 Å². The van der Waals surface area contributed by atoms with Crippen molar-refractivity contribution in [3.05, 3.63) is 110 Å². The SMILES string of the molecule is Cc1c(C(N)=O)cc(-c2csc(-c3cn(C(C)C)c(=O)n(Cc4ccccc4)c3=O)n2)n1Cc1ccco1. The van der Waals surface area contributed by atoms with Crippen LogP contribution in [0.2, 0.25) is 0 Å². The van der Waals surface area contributed by atoms with Gasteiger partial charge in [0.05, 0.1) is 41.9 Å². The molecule has 0 aliphatic carbocycles. The molecule has 0 aliphatic rings. The lowest BCUT2D eigenvalue weighted by atomic mass is 10.2. The zero-order valence-corrected chi connectivity index (χ0v) is 22.1. The third-order valence-corrected chi connectivity index (χ3v) is 7.33. The van der Waals surface area contributed by atoms with E-state index in [4.69, 9.17) is 15.1 Å². The first kappa shape index (κ1) is 25.2. The Morgan fingerprint density at radius 3 is 2.50 bits per heavy atom. The Bertz CT molecular complexity index is 1720. The van der Waals surface area contributed by atoms with Gasteiger partial charge in [0.2, 0.25) is 0 Å². The lowest BCUT2D eigenvalue weighted by Crippen LogP contribution is -2.41. The summed E-state index contributed by atoms with van der Waals surface area (Å²) in [6, 6.07) is 14.6. The number of amides is 1. The normalized spacial score (nSPS) is 11.4. The minimum absolute atomic E-state index is 0.157. The highest BCUT2D eigenvalue weighted by atomic mass is 32.1. The van der Waals surface area contributed by atoms with Gasteiger partial charge in [-0.1, -0.05) is 30.3 Å². The number of benzene rings is 1. The van der Waals surface area contributed by atoms with E-state index in [1.165, 1.54) is 15.9 Å². The molecule has 38 heavy (non-hydrogen) atoms. The minimum Gasteiger partial charge on any atom is -0.467 e. The smallest absolute Gasteiger partial charge is 0.331 e. The monoisotopic (exact) mass is 529 g/mol. The molecule has 0 atom stereocenters. The molecule has 0 saturated heterocycles. The van der Waals surface area contributed by atoms with E-state index in [9.17, 15) is 14.4 Å². The summed E-state index contributed by atoms with van der Waals surface area (Å²) in [6.45, 7) is 6.15. The standard InChI is InChI=1S/C28H27N5O4S/c1-17(2)31-15-22(27(35)33(28(31)36)13-19-8-5-4-6-9-19)26-30-23(16-38-26)24-12-21(25(29)34)18(3)32(24)14-20-10-7-11-37-20/h4-12,15-17H,13-14H2,1-3H3,(H2,29,34). The average Bonchev–Trinajstić information content (AvgIpc) is 3.64. The highest BCUT2D eigenvalue weighted by Gasteiger charge is 2.22. The van der Waals surface area contributed by atoms with E-state index in [0.29, 0.717) is 45.5 Å². The molecule has 2 N–H and O–H groups in total. The van der Waals surface area contributed by atoms with Crippen molar-refractivity contribution >= 4 is 17.2 Å². The third kappa shape index (κ3) is 4.66. The second-order valence-corrected chi connectivity index (χ2v) is 10.2. The Morgan fingerprint density at radius 1 is 1.08 bits per heavy atom. The van der Waals surface area contributed by atoms with E-state index in [0.717, 1.165) is 5.56 Å². The molecule has 0 bridgehead atoms. The van der Waals surface area contributed by atoms with Crippen LogP contribution in [0.15, 0.2) is 80.4 Å². The number of furan rings is 1. The van der Waals surface area contributed by atoms with Crippen molar-refractivity contribution in [3.63, 3.8) is 0 Å². The fourth-order valence-corrected chi connectivity index (χ4v) is 5.24. The zero-order chi connectivity index (χ0) is 27.0. The van der Waals surface area contributed by atoms with Crippen LogP contribution in [0.5, 0.6) is 0 Å². The van der Waals surface area contributed by atoms with Gasteiger partial charge in [0, 0.05) is 23.3 Å². The molecule has 0 unspecified atom stereocenters. The Labute approximate surface area is 222 Å². The van der Waals surface area contributed by atoms with Gasteiger partial charge in [-0.3, -0.25) is 18.7 Å². The highest BCUT2D eigenvalue weighted by molar-refractivity contribution is 7.13. The number of thiazole rings is 1. The first-order valence-electron chi connectivity index (χ1n) is 12.1. The van der Waals surface area contributed by atoms with Gasteiger partial charge in [0.15, 0.2) is 0 Å². The topological polar surface area (TPSA) is 118 Å². The summed E-state index contributed by atoms with van der Waals surface area (Å²) >= 11 is 1.30. The summed E-state index contributed by atoms with van der Waals surface area (Å²) < 4.78 is 10.2. The summed E-state index contributed by atoms with van der Waals surface area (Å²) in [6.07, 6.45) is 3.18. The molecule has 0 radical (unpaired) electrons. The first-order chi connectivity index (χ1) is 18.2. The molecule has 0 aliphatic heterocycles. The molecule has 5 aromatic rings. The van der Waals surface area contributed by atoms with E-state index in [-0.39, 0.29) is 18.3 Å². The number of aromatic nitrogens is 4. The Morgan fingerprint density at radius 2 is 1.84 bits per heavy atom. The second-order valence-electron chi connectivity index (χ2n) is 9.30. The van der Waals surface area contributed by atoms with E-state index in [2.05, 4.69) is 0 Å². The molecule has 1 amide bonds. The molecular weight excluding hydrogens is 502 g/mol. The second kappa shape index (κ2) is 10.1. The van der Waals surface area contributed by atoms with Crippen molar-refractivity contribution in [1.29, 1.82) is 0 Å². The number of primary amides is 1. The van der Waals surface area contributed by atoms with Crippen LogP contribution in [0.3, 0.4) is 0 Å². The van der Waals surface area contributed by atoms with Crippen LogP contribution in [0.1, 0.15) is 47.3 Å². The van der Waals surface area contributed by atoms with Crippen molar-refractivity contribution in [2.75, 3.05) is 0 Å². The summed E-state index contributed by atoms with van der Waals surface area (Å²) in [7, 11) is 0. The van der Waals surface area contributed by atoms with Crippen LogP contribution >= 0.6 is 11.3 Å². The van der Waals surface area contributed by atoms with Crippen molar-refractivity contribution < 1.29 is 9.21 Å². The van der Waals surface area contributed by atoms with E-state index >= 15 is 0 Å². The van der Waals surface area contributed by atoms with Gasteiger partial charge >= 0.3 is 5.69 Å². The third-order valence-electron chi connectivity index (χ3n) is 6.46. The number of nitrogens with two attached hydrogens (primary N) is 1. The molecular formula is C28H27N5O4S. The Hall–Kier alpha value is -4.44. The molecule has 0 spiro atoms. The summed E-state index contributed by atoms with van der Waals surface area (Å²) in [4.78, 5) is 43.7. The predicted octanol–water partition coefficient (Wildman–Crippen LogP) is 4.28. The van der Waals surface area contributed by atoms with Gasteiger partial charge in [-0.15, -0.1) is 11.3 Å². The molecule has 194 valence electrons. The molecule has 10 heteroatoms. The summed E-state index contributed by atoms with van der Waals surface area (Å²) in [5.74, 6) is 0.175. The maximum atomic E-state index is 13.6. The molecule has 4 aromatic heterocycles. The van der Waals surface area contributed by atoms with Crippen molar-refractivity contribution in [1.82, 2.24) is 18.7 Å². The summed E-state index contributed by atoms with van der Waals surface area (Å²) in [5.41, 5.74) is 8.39. The Balaban J connectivity index is 1.62. The number of hydrogen-bond acceptors (Lipinski definition) is 6. The summed E-state index contributed by atoms with van der Waals surface area (Å²) in [5, 5.41) is 2.31. The largest absolute Gasteiger partial charge is 0.467 e. The highest BCUT2D eigenvalue weighted by Crippen LogP contribution is 2.31. The van der Waals surface area contributed by atoms with Crippen LogP contribution in [0.25, 0.3) is 22.0 Å². The number of hydrogen-bond donors (Lipinski definition) is 1. The number of carbonyl (C=O) groups is 1. The van der Waals surface area contributed by atoms with Crippen molar-refractivity contribution in [2.24, 2.45) is 5.73 Å². The zero-order valence-electron chi connectivity index (χ0n) is 21.2. The predicted molar refractivity (Wildman–Crippen MR) is 146 cm³/mol. The minimum atomic E-state index is -0.537. The molecule has 1 aromatic carbocycles. The maximum absolute atomic E-state index is 13.6. The number of rotatable bonds is 8. The first-order valence-corrected chi connectivity index (χ1v) is 13.0. The van der Waals surface area contributed by atoms with Crippen LogP contribution < -0.4 is 17.0 Å². The number of nitrogens with zero attached hydrogens (tertiary/aromatic N) is 4. The molecule has 0 saturated carbocycles. The van der Waals surface area contributed by atoms with E-state index < -0.39 is 11.5 Å². The lowest BCUT2D eigenvalue weighted by Gasteiger charge is -2.15. The molecule has 0 fully saturated rings. The van der Waals surface area contributed by atoms with Crippen LogP contribution in [-0.4, -0.2) is 24.6 Å². The lowest BCUT2D eigenvalue weighted by molar-refractivity contribution is 0.0999. The van der Waals surface area contributed by atoms with Crippen LogP contribution in [0, 0.1) is 6.92 Å². The van der Waals surface area contributed by atoms with Gasteiger partial charge in [0.25, 0.3) is 11.5 Å². The quantitative estimate of drug-likeness (QED) is 0.322. The van der Waals surface area contributed by atoms with Crippen molar-refractivity contribution in [3.8, 4) is 22.0 Å². The van der Waals surface area contributed by atoms with Crippen molar-refractivity contribution in [2.45, 2.75) is 39.9 Å². The van der Waals surface area contributed by atoms with Gasteiger partial charge in [-0.25, -0.2) is 9.78 Å². The molecule has 5 rings (SSSR count). The molecule has 9 nitrogen and oxygen atoms in total. The number of carbonyl (C=O) groups excluding carboxylic acids is 1. The molecule has 4 heterocycles. The van der Waals surface area contributed by atoms with E-state index in [1.807, 2.05) is 67.1 Å². The maximum Gasteiger partial charge on any atom is 0.331 e. The fourth-order valence-electron chi connectivity index (χ4n) is 4.43. The van der Waals surface area contributed by atoms with E-state index in [1.54, 1.807) is 29.2 Å². The van der Waals surface area contributed by atoms with Gasteiger partial charge in [-0.2, -0.15) is 0 Å².